The molecule has 0 amide bonds. The lowest BCUT2D eigenvalue weighted by Gasteiger charge is -2.05. The summed E-state index contributed by atoms with van der Waals surface area (Å²) in [6, 6.07) is 20.4. The van der Waals surface area contributed by atoms with Crippen LogP contribution in [-0.4, -0.2) is 0 Å². The quantitative estimate of drug-likeness (QED) is 0.763. The topological polar surface area (TPSA) is 12.0 Å². The first-order valence-corrected chi connectivity index (χ1v) is 7.22. The van der Waals surface area contributed by atoms with Crippen LogP contribution in [0.15, 0.2) is 96.7 Å². The molecule has 0 fully saturated rings. The highest BCUT2D eigenvalue weighted by Gasteiger charge is 1.93. The van der Waals surface area contributed by atoms with E-state index in [1.54, 1.807) is 0 Å². The maximum atomic E-state index is 3.34. The molecule has 1 heteroatoms. The lowest BCUT2D eigenvalue weighted by Crippen LogP contribution is -1.95. The summed E-state index contributed by atoms with van der Waals surface area (Å²) in [4.78, 5) is 0. The number of allylic oxidation sites excluding steroid dienone is 5. The van der Waals surface area contributed by atoms with E-state index < -0.39 is 0 Å². The average molecular weight is 275 g/mol. The van der Waals surface area contributed by atoms with Crippen molar-refractivity contribution in [3.8, 4) is 0 Å². The predicted octanol–water partition coefficient (Wildman–Crippen LogP) is 5.49. The zero-order valence-electron chi connectivity index (χ0n) is 12.4. The molecule has 0 saturated carbocycles. The summed E-state index contributed by atoms with van der Waals surface area (Å²) in [6.07, 6.45) is 11.5. The van der Waals surface area contributed by atoms with E-state index in [2.05, 4.69) is 66.9 Å². The number of hydrogen-bond acceptors (Lipinski definition) is 1. The zero-order chi connectivity index (χ0) is 14.8. The monoisotopic (exact) mass is 275 g/mol. The molecule has 21 heavy (non-hydrogen) atoms. The van der Waals surface area contributed by atoms with Crippen LogP contribution in [-0.2, 0) is 0 Å². The van der Waals surface area contributed by atoms with Crippen LogP contribution >= 0.6 is 0 Å². The Morgan fingerprint density at radius 3 is 2.10 bits per heavy atom. The van der Waals surface area contributed by atoms with Crippen molar-refractivity contribution in [3.63, 3.8) is 0 Å². The molecule has 0 aliphatic heterocycles. The lowest BCUT2D eigenvalue weighted by molar-refractivity contribution is 1.39. The van der Waals surface area contributed by atoms with Crippen molar-refractivity contribution in [3.05, 3.63) is 102 Å². The third-order valence-corrected chi connectivity index (χ3v) is 2.98. The van der Waals surface area contributed by atoms with Gasteiger partial charge >= 0.3 is 0 Å². The standard InChI is InChI=1S/C13H13N.C7H8/c1-2-5-9-12(8-4-1)14-13-10-6-3-7-11-13;1-7-5-3-2-4-6-7/h1,3-11,14H,2H2;2-6H,1H3. The van der Waals surface area contributed by atoms with E-state index in [1.165, 1.54) is 5.56 Å². The molecule has 106 valence electrons. The fraction of sp³-hybridized carbons (Fsp3) is 0.100. The molecule has 0 aromatic heterocycles. The number of hydrogen-bond donors (Lipinski definition) is 1. The largest absolute Gasteiger partial charge is 0.356 e. The summed E-state index contributed by atoms with van der Waals surface area (Å²) in [7, 11) is 0. The second kappa shape index (κ2) is 8.60. The summed E-state index contributed by atoms with van der Waals surface area (Å²) in [5, 5.41) is 3.34. The third kappa shape index (κ3) is 5.96. The molecule has 1 N–H and O–H groups in total. The maximum Gasteiger partial charge on any atom is 0.0384 e. The molecule has 0 atom stereocenters. The number of benzene rings is 2. The van der Waals surface area contributed by atoms with Crippen LogP contribution in [0.2, 0.25) is 0 Å². The molecule has 1 aliphatic rings. The maximum absolute atomic E-state index is 3.34. The Balaban J connectivity index is 0.000000194. The Kier molecular flexibility index (Phi) is 6.08. The van der Waals surface area contributed by atoms with Crippen molar-refractivity contribution in [2.24, 2.45) is 0 Å². The van der Waals surface area contributed by atoms with E-state index in [0.29, 0.717) is 0 Å². The average Bonchev–Trinajstić information content (AvgIpc) is 2.78. The van der Waals surface area contributed by atoms with Crippen molar-refractivity contribution in [1.29, 1.82) is 0 Å². The zero-order valence-corrected chi connectivity index (χ0v) is 12.4. The molecule has 0 saturated heterocycles. The Labute approximate surface area is 127 Å². The first-order chi connectivity index (χ1) is 10.3. The van der Waals surface area contributed by atoms with Gasteiger partial charge in [-0.05, 0) is 37.6 Å². The highest BCUT2D eigenvalue weighted by atomic mass is 14.9. The minimum absolute atomic E-state index is 1.01. The minimum Gasteiger partial charge on any atom is -0.356 e. The molecule has 3 rings (SSSR count). The number of nitrogens with one attached hydrogen (secondary N) is 1. The van der Waals surface area contributed by atoms with Gasteiger partial charge in [0.25, 0.3) is 0 Å². The Morgan fingerprint density at radius 1 is 0.810 bits per heavy atom. The summed E-state index contributed by atoms with van der Waals surface area (Å²) in [5.41, 5.74) is 3.58. The molecular formula is C20H21N. The molecule has 2 aromatic rings. The second-order valence-corrected chi connectivity index (χ2v) is 4.83. The van der Waals surface area contributed by atoms with E-state index in [0.717, 1.165) is 17.8 Å². The summed E-state index contributed by atoms with van der Waals surface area (Å²) >= 11 is 0. The molecular weight excluding hydrogens is 254 g/mol. The summed E-state index contributed by atoms with van der Waals surface area (Å²) in [6.45, 7) is 2.08. The molecule has 0 spiro atoms. The Bertz CT molecular complexity index is 607. The van der Waals surface area contributed by atoms with E-state index in [9.17, 15) is 0 Å². The van der Waals surface area contributed by atoms with Gasteiger partial charge in [-0.15, -0.1) is 0 Å². The molecule has 1 nitrogen and oxygen atoms in total. The van der Waals surface area contributed by atoms with E-state index in [-0.39, 0.29) is 0 Å². The van der Waals surface area contributed by atoms with Crippen LogP contribution in [0.3, 0.4) is 0 Å². The van der Waals surface area contributed by atoms with Crippen molar-refractivity contribution < 1.29 is 0 Å². The van der Waals surface area contributed by atoms with Crippen LogP contribution < -0.4 is 5.32 Å². The van der Waals surface area contributed by atoms with Crippen LogP contribution in [0, 0.1) is 6.92 Å². The van der Waals surface area contributed by atoms with Gasteiger partial charge in [-0.3, -0.25) is 0 Å². The third-order valence-electron chi connectivity index (χ3n) is 2.98. The SMILES string of the molecule is C1=CCC=CC(Nc2ccccc2)=C1.Cc1ccccc1. The number of aryl methyl sites for hydroxylation is 1. The van der Waals surface area contributed by atoms with E-state index >= 15 is 0 Å². The van der Waals surface area contributed by atoms with Gasteiger partial charge < -0.3 is 5.32 Å². The van der Waals surface area contributed by atoms with Crippen LogP contribution in [0.4, 0.5) is 5.69 Å². The van der Waals surface area contributed by atoms with Crippen molar-refractivity contribution >= 4 is 5.69 Å². The van der Waals surface area contributed by atoms with E-state index in [4.69, 9.17) is 0 Å². The number of anilines is 1. The normalized spacial score (nSPS) is 12.7. The molecule has 1 aliphatic carbocycles. The van der Waals surface area contributed by atoms with Crippen molar-refractivity contribution in [2.75, 3.05) is 5.32 Å². The number of rotatable bonds is 2. The first kappa shape index (κ1) is 14.9. The Hall–Kier alpha value is -2.54. The molecule has 0 unspecified atom stereocenters. The predicted molar refractivity (Wildman–Crippen MR) is 92.2 cm³/mol. The van der Waals surface area contributed by atoms with E-state index in [1.807, 2.05) is 36.4 Å². The molecule has 2 aromatic carbocycles. The van der Waals surface area contributed by atoms with Crippen molar-refractivity contribution in [1.82, 2.24) is 0 Å². The smallest absolute Gasteiger partial charge is 0.0384 e. The molecule has 0 radical (unpaired) electrons. The van der Waals surface area contributed by atoms with Crippen LogP contribution in [0.1, 0.15) is 12.0 Å². The highest BCUT2D eigenvalue weighted by Crippen LogP contribution is 2.11. The number of para-hydroxylation sites is 1. The molecule has 0 heterocycles. The van der Waals surface area contributed by atoms with Gasteiger partial charge in [-0.1, -0.05) is 72.3 Å². The highest BCUT2D eigenvalue weighted by molar-refractivity contribution is 5.51. The fourth-order valence-electron chi connectivity index (χ4n) is 1.89. The van der Waals surface area contributed by atoms with Gasteiger partial charge in [0.1, 0.15) is 0 Å². The van der Waals surface area contributed by atoms with Gasteiger partial charge in [0, 0.05) is 11.4 Å². The summed E-state index contributed by atoms with van der Waals surface area (Å²) < 4.78 is 0. The van der Waals surface area contributed by atoms with Crippen molar-refractivity contribution in [2.45, 2.75) is 13.3 Å². The van der Waals surface area contributed by atoms with Crippen LogP contribution in [0.5, 0.6) is 0 Å². The lowest BCUT2D eigenvalue weighted by atomic mass is 10.2. The fourth-order valence-corrected chi connectivity index (χ4v) is 1.89. The van der Waals surface area contributed by atoms with Gasteiger partial charge in [0.15, 0.2) is 0 Å². The minimum atomic E-state index is 1.01. The first-order valence-electron chi connectivity index (χ1n) is 7.22. The Morgan fingerprint density at radius 2 is 1.48 bits per heavy atom. The van der Waals surface area contributed by atoms with Gasteiger partial charge in [-0.25, -0.2) is 0 Å². The van der Waals surface area contributed by atoms with Gasteiger partial charge in [0.2, 0.25) is 0 Å². The summed E-state index contributed by atoms with van der Waals surface area (Å²) in [5.74, 6) is 0. The molecule has 0 bridgehead atoms. The second-order valence-electron chi connectivity index (χ2n) is 4.83. The van der Waals surface area contributed by atoms with Gasteiger partial charge in [0.05, 0.1) is 0 Å². The van der Waals surface area contributed by atoms with Crippen LogP contribution in [0.25, 0.3) is 0 Å². The van der Waals surface area contributed by atoms with Gasteiger partial charge in [-0.2, -0.15) is 0 Å².